The van der Waals surface area contributed by atoms with Gasteiger partial charge in [0.1, 0.15) is 0 Å². The van der Waals surface area contributed by atoms with Crippen LogP contribution in [0.1, 0.15) is 35.2 Å². The van der Waals surface area contributed by atoms with E-state index in [9.17, 15) is 0 Å². The molecule has 0 aliphatic heterocycles. The maximum Gasteiger partial charge on any atom is 0.0708 e. The third-order valence-electron chi connectivity index (χ3n) is 3.79. The van der Waals surface area contributed by atoms with Crippen LogP contribution in [0.4, 0.5) is 0 Å². The van der Waals surface area contributed by atoms with Gasteiger partial charge in [-0.25, -0.2) is 0 Å². The van der Waals surface area contributed by atoms with E-state index < -0.39 is 0 Å². The Balaban J connectivity index is 2.34. The second-order valence-electron chi connectivity index (χ2n) is 5.08. The number of nitriles is 1. The number of rotatable bonds is 1. The SMILES string of the molecule is Cc1ccc2nc3c(c(CC#N)c2c1)CCCC3. The summed E-state index contributed by atoms with van der Waals surface area (Å²) in [6.07, 6.45) is 5.11. The van der Waals surface area contributed by atoms with E-state index in [1.165, 1.54) is 40.6 Å². The number of hydrogen-bond donors (Lipinski definition) is 0. The minimum absolute atomic E-state index is 0.505. The lowest BCUT2D eigenvalue weighted by Gasteiger charge is -2.19. The van der Waals surface area contributed by atoms with Crippen molar-refractivity contribution in [3.8, 4) is 6.07 Å². The molecule has 0 fully saturated rings. The largest absolute Gasteiger partial charge is 0.253 e. The molecule has 0 atom stereocenters. The third-order valence-corrected chi connectivity index (χ3v) is 3.79. The van der Waals surface area contributed by atoms with Crippen molar-refractivity contribution in [3.05, 3.63) is 40.6 Å². The fraction of sp³-hybridized carbons (Fsp3) is 0.375. The summed E-state index contributed by atoms with van der Waals surface area (Å²) < 4.78 is 0. The summed E-state index contributed by atoms with van der Waals surface area (Å²) in [5, 5.41) is 10.3. The normalized spacial score (nSPS) is 14.2. The summed E-state index contributed by atoms with van der Waals surface area (Å²) in [6.45, 7) is 2.09. The van der Waals surface area contributed by atoms with E-state index in [0.717, 1.165) is 18.4 Å². The maximum atomic E-state index is 9.08. The molecule has 18 heavy (non-hydrogen) atoms. The zero-order valence-corrected chi connectivity index (χ0v) is 10.7. The first-order valence-corrected chi connectivity index (χ1v) is 6.57. The summed E-state index contributed by atoms with van der Waals surface area (Å²) in [5.41, 5.74) is 6.08. The average Bonchev–Trinajstić information content (AvgIpc) is 2.39. The van der Waals surface area contributed by atoms with Gasteiger partial charge in [0, 0.05) is 11.1 Å². The molecule has 0 radical (unpaired) electrons. The molecule has 0 spiro atoms. The van der Waals surface area contributed by atoms with Crippen molar-refractivity contribution in [1.82, 2.24) is 4.98 Å². The Bertz CT molecular complexity index is 650. The van der Waals surface area contributed by atoms with Gasteiger partial charge in [-0.1, -0.05) is 11.6 Å². The molecule has 0 saturated carbocycles. The minimum Gasteiger partial charge on any atom is -0.253 e. The van der Waals surface area contributed by atoms with Gasteiger partial charge in [0.05, 0.1) is 18.0 Å². The molecule has 3 rings (SSSR count). The van der Waals surface area contributed by atoms with Crippen LogP contribution in [0.2, 0.25) is 0 Å². The molecule has 0 bridgehead atoms. The van der Waals surface area contributed by atoms with Gasteiger partial charge in [-0.3, -0.25) is 4.98 Å². The van der Waals surface area contributed by atoms with Crippen LogP contribution in [0.5, 0.6) is 0 Å². The van der Waals surface area contributed by atoms with Gasteiger partial charge in [-0.15, -0.1) is 0 Å². The molecule has 0 saturated heterocycles. The quantitative estimate of drug-likeness (QED) is 0.760. The molecule has 0 amide bonds. The lowest BCUT2D eigenvalue weighted by atomic mass is 9.88. The standard InChI is InChI=1S/C16H16N2/c1-11-6-7-16-14(10-11)12(8-9-17)13-4-2-3-5-15(13)18-16/h6-7,10H,2-5,8H2,1H3. The van der Waals surface area contributed by atoms with Crippen molar-refractivity contribution >= 4 is 10.9 Å². The Morgan fingerprint density at radius 1 is 1.28 bits per heavy atom. The number of aryl methyl sites for hydroxylation is 2. The van der Waals surface area contributed by atoms with E-state index in [1.54, 1.807) is 0 Å². The molecule has 1 aliphatic rings. The van der Waals surface area contributed by atoms with E-state index in [2.05, 4.69) is 31.2 Å². The van der Waals surface area contributed by atoms with Crippen molar-refractivity contribution in [2.45, 2.75) is 39.0 Å². The van der Waals surface area contributed by atoms with Crippen LogP contribution in [-0.2, 0) is 19.3 Å². The molecular formula is C16H16N2. The molecule has 90 valence electrons. The smallest absolute Gasteiger partial charge is 0.0708 e. The highest BCUT2D eigenvalue weighted by molar-refractivity contribution is 5.84. The fourth-order valence-electron chi connectivity index (χ4n) is 2.92. The Labute approximate surface area is 107 Å². The molecule has 1 aliphatic carbocycles. The molecule has 2 heteroatoms. The number of nitrogens with zero attached hydrogens (tertiary/aromatic N) is 2. The highest BCUT2D eigenvalue weighted by atomic mass is 14.7. The number of pyridine rings is 1. The van der Waals surface area contributed by atoms with Crippen molar-refractivity contribution < 1.29 is 0 Å². The molecule has 2 aromatic rings. The molecule has 1 aromatic heterocycles. The van der Waals surface area contributed by atoms with Gasteiger partial charge in [0.25, 0.3) is 0 Å². The Morgan fingerprint density at radius 2 is 2.11 bits per heavy atom. The van der Waals surface area contributed by atoms with Crippen LogP contribution in [0.3, 0.4) is 0 Å². The summed E-state index contributed by atoms with van der Waals surface area (Å²) in [5.74, 6) is 0. The van der Waals surface area contributed by atoms with Gasteiger partial charge in [-0.05, 0) is 55.9 Å². The molecule has 0 N–H and O–H groups in total. The summed E-state index contributed by atoms with van der Waals surface area (Å²) in [6, 6.07) is 8.67. The topological polar surface area (TPSA) is 36.7 Å². The highest BCUT2D eigenvalue weighted by Gasteiger charge is 2.17. The molecule has 1 heterocycles. The average molecular weight is 236 g/mol. The first kappa shape index (κ1) is 11.2. The van der Waals surface area contributed by atoms with Gasteiger partial charge < -0.3 is 0 Å². The number of fused-ring (bicyclic) bond motifs is 2. The van der Waals surface area contributed by atoms with Gasteiger partial charge in [0.15, 0.2) is 0 Å². The molecule has 1 aromatic carbocycles. The lowest BCUT2D eigenvalue weighted by molar-refractivity contribution is 0.666. The Hall–Kier alpha value is -1.88. The summed E-state index contributed by atoms with van der Waals surface area (Å²) >= 11 is 0. The van der Waals surface area contributed by atoms with Gasteiger partial charge >= 0.3 is 0 Å². The van der Waals surface area contributed by atoms with E-state index in [-0.39, 0.29) is 0 Å². The Kier molecular flexibility index (Phi) is 2.76. The number of benzene rings is 1. The first-order valence-electron chi connectivity index (χ1n) is 6.57. The van der Waals surface area contributed by atoms with Crippen molar-refractivity contribution in [1.29, 1.82) is 5.26 Å². The number of hydrogen-bond acceptors (Lipinski definition) is 2. The van der Waals surface area contributed by atoms with Crippen LogP contribution >= 0.6 is 0 Å². The van der Waals surface area contributed by atoms with Crippen molar-refractivity contribution in [3.63, 3.8) is 0 Å². The second kappa shape index (κ2) is 4.42. The fourth-order valence-corrected chi connectivity index (χ4v) is 2.92. The second-order valence-corrected chi connectivity index (χ2v) is 5.08. The summed E-state index contributed by atoms with van der Waals surface area (Å²) in [7, 11) is 0. The Morgan fingerprint density at radius 3 is 2.94 bits per heavy atom. The van der Waals surface area contributed by atoms with Gasteiger partial charge in [0.2, 0.25) is 0 Å². The lowest BCUT2D eigenvalue weighted by Crippen LogP contribution is -2.09. The van der Waals surface area contributed by atoms with Gasteiger partial charge in [-0.2, -0.15) is 5.26 Å². The summed E-state index contributed by atoms with van der Waals surface area (Å²) in [4.78, 5) is 4.79. The molecule has 2 nitrogen and oxygen atoms in total. The van der Waals surface area contributed by atoms with E-state index in [4.69, 9.17) is 10.2 Å². The first-order chi connectivity index (χ1) is 8.79. The zero-order chi connectivity index (χ0) is 12.5. The number of aromatic nitrogens is 1. The van der Waals surface area contributed by atoms with Crippen LogP contribution in [0.15, 0.2) is 18.2 Å². The van der Waals surface area contributed by atoms with Crippen LogP contribution in [0, 0.1) is 18.3 Å². The maximum absolute atomic E-state index is 9.08. The van der Waals surface area contributed by atoms with Crippen LogP contribution in [0.25, 0.3) is 10.9 Å². The van der Waals surface area contributed by atoms with Crippen molar-refractivity contribution in [2.75, 3.05) is 0 Å². The predicted molar refractivity (Wildman–Crippen MR) is 72.4 cm³/mol. The van der Waals surface area contributed by atoms with E-state index in [1.807, 2.05) is 0 Å². The highest BCUT2D eigenvalue weighted by Crippen LogP contribution is 2.29. The predicted octanol–water partition coefficient (Wildman–Crippen LogP) is 3.49. The van der Waals surface area contributed by atoms with E-state index in [0.29, 0.717) is 6.42 Å². The minimum atomic E-state index is 0.505. The third kappa shape index (κ3) is 1.76. The molecular weight excluding hydrogens is 220 g/mol. The van der Waals surface area contributed by atoms with E-state index >= 15 is 0 Å². The van der Waals surface area contributed by atoms with Crippen LogP contribution in [-0.4, -0.2) is 4.98 Å². The molecule has 0 unspecified atom stereocenters. The van der Waals surface area contributed by atoms with Crippen molar-refractivity contribution in [2.24, 2.45) is 0 Å². The zero-order valence-electron chi connectivity index (χ0n) is 10.7. The monoisotopic (exact) mass is 236 g/mol. The van der Waals surface area contributed by atoms with Crippen LogP contribution < -0.4 is 0 Å².